The fourth-order valence-corrected chi connectivity index (χ4v) is 1.54. The zero-order valence-electron chi connectivity index (χ0n) is 7.27. The van der Waals surface area contributed by atoms with Crippen molar-refractivity contribution in [1.82, 2.24) is 0 Å². The highest BCUT2D eigenvalue weighted by atomic mass is 16.3. The van der Waals surface area contributed by atoms with Crippen LogP contribution >= 0.6 is 0 Å². The van der Waals surface area contributed by atoms with Crippen LogP contribution in [0.2, 0.25) is 0 Å². The van der Waals surface area contributed by atoms with Crippen LogP contribution in [0.1, 0.15) is 24.4 Å². The van der Waals surface area contributed by atoms with Crippen molar-refractivity contribution in [3.05, 3.63) is 23.8 Å². The zero-order chi connectivity index (χ0) is 9.42. The molecule has 0 heterocycles. The van der Waals surface area contributed by atoms with Crippen molar-refractivity contribution in [3.63, 3.8) is 0 Å². The number of hydrogen-bond acceptors (Lipinski definition) is 3. The maximum Gasteiger partial charge on any atom is 0.119 e. The number of phenols is 2. The highest BCUT2D eigenvalue weighted by Gasteiger charge is 2.29. The maximum atomic E-state index is 9.23. The van der Waals surface area contributed by atoms with Gasteiger partial charge >= 0.3 is 0 Å². The molecular weight excluding hydrogens is 166 g/mol. The molecular formula is C10H13NO2. The fraction of sp³-hybridized carbons (Fsp3) is 0.400. The molecule has 13 heavy (non-hydrogen) atoms. The summed E-state index contributed by atoms with van der Waals surface area (Å²) in [4.78, 5) is 0. The highest BCUT2D eigenvalue weighted by molar-refractivity contribution is 5.38. The normalized spacial score (nSPS) is 18.5. The first kappa shape index (κ1) is 8.38. The first-order valence-corrected chi connectivity index (χ1v) is 4.45. The summed E-state index contributed by atoms with van der Waals surface area (Å²) < 4.78 is 0. The van der Waals surface area contributed by atoms with Crippen LogP contribution in [0, 0.1) is 5.92 Å². The Morgan fingerprint density at radius 2 is 1.69 bits per heavy atom. The second kappa shape index (κ2) is 2.92. The molecule has 0 aliphatic heterocycles. The molecule has 0 unspecified atom stereocenters. The predicted molar refractivity (Wildman–Crippen MR) is 49.4 cm³/mol. The van der Waals surface area contributed by atoms with E-state index < -0.39 is 0 Å². The molecule has 0 bridgehead atoms. The average molecular weight is 179 g/mol. The monoisotopic (exact) mass is 179 g/mol. The molecule has 1 aliphatic carbocycles. The summed E-state index contributed by atoms with van der Waals surface area (Å²) in [5.41, 5.74) is 6.74. The fourth-order valence-electron chi connectivity index (χ4n) is 1.54. The Kier molecular flexibility index (Phi) is 1.88. The Morgan fingerprint density at radius 3 is 2.15 bits per heavy atom. The van der Waals surface area contributed by atoms with Crippen molar-refractivity contribution < 1.29 is 10.2 Å². The Labute approximate surface area is 76.8 Å². The van der Waals surface area contributed by atoms with Gasteiger partial charge in [-0.2, -0.15) is 0 Å². The molecule has 1 saturated carbocycles. The quantitative estimate of drug-likeness (QED) is 0.644. The third-order valence-electron chi connectivity index (χ3n) is 2.44. The molecule has 1 aliphatic rings. The lowest BCUT2D eigenvalue weighted by Gasteiger charge is -2.11. The van der Waals surface area contributed by atoms with Crippen LogP contribution in [0.5, 0.6) is 11.5 Å². The van der Waals surface area contributed by atoms with E-state index in [2.05, 4.69) is 0 Å². The molecule has 0 saturated heterocycles. The molecule has 1 fully saturated rings. The Hall–Kier alpha value is -1.22. The smallest absolute Gasteiger partial charge is 0.119 e. The van der Waals surface area contributed by atoms with E-state index in [1.807, 2.05) is 0 Å². The summed E-state index contributed by atoms with van der Waals surface area (Å²) in [6.07, 6.45) is 2.30. The number of benzene rings is 1. The van der Waals surface area contributed by atoms with Crippen LogP contribution in [0.25, 0.3) is 0 Å². The first-order valence-electron chi connectivity index (χ1n) is 4.45. The van der Waals surface area contributed by atoms with Gasteiger partial charge in [-0.3, -0.25) is 0 Å². The van der Waals surface area contributed by atoms with Crippen molar-refractivity contribution in [2.24, 2.45) is 11.7 Å². The van der Waals surface area contributed by atoms with E-state index in [0.29, 0.717) is 5.92 Å². The summed E-state index contributed by atoms with van der Waals surface area (Å²) in [6.45, 7) is 0. The largest absolute Gasteiger partial charge is 0.508 e. The predicted octanol–water partition coefficient (Wildman–Crippen LogP) is 1.51. The van der Waals surface area contributed by atoms with Crippen molar-refractivity contribution in [2.75, 3.05) is 0 Å². The Bertz CT molecular complexity index is 300. The number of nitrogens with two attached hydrogens (primary N) is 1. The van der Waals surface area contributed by atoms with E-state index in [4.69, 9.17) is 5.73 Å². The van der Waals surface area contributed by atoms with Gasteiger partial charge in [-0.15, -0.1) is 0 Å². The lowest BCUT2D eigenvalue weighted by molar-refractivity contribution is 0.447. The molecule has 0 aromatic heterocycles. The van der Waals surface area contributed by atoms with E-state index in [0.717, 1.165) is 18.4 Å². The molecule has 0 amide bonds. The molecule has 3 heteroatoms. The number of aromatic hydroxyl groups is 2. The van der Waals surface area contributed by atoms with Crippen molar-refractivity contribution in [2.45, 2.75) is 18.9 Å². The zero-order valence-corrected chi connectivity index (χ0v) is 7.27. The van der Waals surface area contributed by atoms with Gasteiger partial charge in [0.2, 0.25) is 0 Å². The van der Waals surface area contributed by atoms with E-state index >= 15 is 0 Å². The third-order valence-corrected chi connectivity index (χ3v) is 2.44. The van der Waals surface area contributed by atoms with Crippen LogP contribution in [0.3, 0.4) is 0 Å². The van der Waals surface area contributed by atoms with Gasteiger partial charge in [-0.1, -0.05) is 0 Å². The van der Waals surface area contributed by atoms with Gasteiger partial charge in [-0.25, -0.2) is 0 Å². The third kappa shape index (κ3) is 1.75. The van der Waals surface area contributed by atoms with Crippen LogP contribution < -0.4 is 5.73 Å². The molecule has 70 valence electrons. The molecule has 1 atom stereocenters. The standard InChI is InChI=1S/C10H13NO2/c11-10(6-1-2-6)7-3-8(12)5-9(13)4-7/h3-6,10,12-13H,1-2,11H2/t10-/m0/s1. The lowest BCUT2D eigenvalue weighted by atomic mass is 10.0. The SMILES string of the molecule is N[C@H](c1cc(O)cc(O)c1)C1CC1. The summed E-state index contributed by atoms with van der Waals surface area (Å²) in [6, 6.07) is 4.49. The number of hydrogen-bond donors (Lipinski definition) is 3. The van der Waals surface area contributed by atoms with Gasteiger partial charge in [0.25, 0.3) is 0 Å². The minimum Gasteiger partial charge on any atom is -0.508 e. The second-order valence-corrected chi connectivity index (χ2v) is 3.65. The average Bonchev–Trinajstić information content (AvgIpc) is 2.83. The molecule has 1 aromatic carbocycles. The number of rotatable bonds is 2. The van der Waals surface area contributed by atoms with Crippen LogP contribution in [0.4, 0.5) is 0 Å². The van der Waals surface area contributed by atoms with Crippen molar-refractivity contribution in [1.29, 1.82) is 0 Å². The van der Waals surface area contributed by atoms with Gasteiger partial charge < -0.3 is 15.9 Å². The van der Waals surface area contributed by atoms with Gasteiger partial charge in [-0.05, 0) is 36.5 Å². The van der Waals surface area contributed by atoms with Crippen molar-refractivity contribution in [3.8, 4) is 11.5 Å². The first-order chi connectivity index (χ1) is 6.16. The van der Waals surface area contributed by atoms with E-state index in [9.17, 15) is 10.2 Å². The second-order valence-electron chi connectivity index (χ2n) is 3.65. The van der Waals surface area contributed by atoms with Crippen LogP contribution in [0.15, 0.2) is 18.2 Å². The summed E-state index contributed by atoms with van der Waals surface area (Å²) in [7, 11) is 0. The topological polar surface area (TPSA) is 66.5 Å². The molecule has 3 nitrogen and oxygen atoms in total. The molecule has 4 N–H and O–H groups in total. The molecule has 0 radical (unpaired) electrons. The highest BCUT2D eigenvalue weighted by Crippen LogP contribution is 2.40. The molecule has 1 aromatic rings. The molecule has 0 spiro atoms. The van der Waals surface area contributed by atoms with Gasteiger partial charge in [0.05, 0.1) is 0 Å². The van der Waals surface area contributed by atoms with E-state index in [-0.39, 0.29) is 17.5 Å². The van der Waals surface area contributed by atoms with Crippen LogP contribution in [-0.2, 0) is 0 Å². The molecule has 2 rings (SSSR count). The summed E-state index contributed by atoms with van der Waals surface area (Å²) in [5.74, 6) is 0.679. The minimum atomic E-state index is -0.0435. The maximum absolute atomic E-state index is 9.23. The van der Waals surface area contributed by atoms with E-state index in [1.54, 1.807) is 12.1 Å². The minimum absolute atomic E-state index is 0.0435. The van der Waals surface area contributed by atoms with E-state index in [1.165, 1.54) is 6.07 Å². The lowest BCUT2D eigenvalue weighted by Crippen LogP contribution is -2.11. The van der Waals surface area contributed by atoms with Crippen molar-refractivity contribution >= 4 is 0 Å². The van der Waals surface area contributed by atoms with Gasteiger partial charge in [0.1, 0.15) is 11.5 Å². The summed E-state index contributed by atoms with van der Waals surface area (Å²) >= 11 is 0. The van der Waals surface area contributed by atoms with Gasteiger partial charge in [0, 0.05) is 12.1 Å². The Morgan fingerprint density at radius 1 is 1.15 bits per heavy atom. The number of phenolic OH excluding ortho intramolecular Hbond substituents is 2. The van der Waals surface area contributed by atoms with Gasteiger partial charge in [0.15, 0.2) is 0 Å². The summed E-state index contributed by atoms with van der Waals surface area (Å²) in [5, 5.41) is 18.5. The van der Waals surface area contributed by atoms with Crippen LogP contribution in [-0.4, -0.2) is 10.2 Å². The Balaban J connectivity index is 2.27.